The molecule has 5 heteroatoms. The van der Waals surface area contributed by atoms with Crippen LogP contribution in [0.3, 0.4) is 0 Å². The summed E-state index contributed by atoms with van der Waals surface area (Å²) in [7, 11) is 0. The molecule has 0 bridgehead atoms. The summed E-state index contributed by atoms with van der Waals surface area (Å²) in [6.07, 6.45) is 2.79. The molecule has 1 aliphatic heterocycles. The minimum absolute atomic E-state index is 0. The van der Waals surface area contributed by atoms with Gasteiger partial charge in [0.15, 0.2) is 0 Å². The van der Waals surface area contributed by atoms with E-state index < -0.39 is 0 Å². The van der Waals surface area contributed by atoms with Gasteiger partial charge in [-0.2, -0.15) is 0 Å². The zero-order valence-corrected chi connectivity index (χ0v) is 15.9. The molecule has 0 aromatic heterocycles. The van der Waals surface area contributed by atoms with Gasteiger partial charge in [-0.05, 0) is 48.9 Å². The number of ether oxygens (including phenoxy) is 1. The van der Waals surface area contributed by atoms with Crippen molar-refractivity contribution < 1.29 is 9.53 Å². The Hall–Kier alpha value is -1.26. The van der Waals surface area contributed by atoms with Crippen LogP contribution in [-0.2, 0) is 10.2 Å². The fourth-order valence-corrected chi connectivity index (χ4v) is 2.95. The zero-order valence-electron chi connectivity index (χ0n) is 15.1. The Labute approximate surface area is 152 Å². The maximum Gasteiger partial charge on any atom is 0.220 e. The largest absolute Gasteiger partial charge is 0.491 e. The Bertz CT molecular complexity index is 508. The van der Waals surface area contributed by atoms with Gasteiger partial charge in [-0.15, -0.1) is 12.4 Å². The van der Waals surface area contributed by atoms with Crippen LogP contribution in [0.4, 0.5) is 0 Å². The van der Waals surface area contributed by atoms with Gasteiger partial charge in [0, 0.05) is 6.42 Å². The highest BCUT2D eigenvalue weighted by Gasteiger charge is 2.18. The summed E-state index contributed by atoms with van der Waals surface area (Å²) in [5.41, 5.74) is 1.25. The topological polar surface area (TPSA) is 50.4 Å². The standard InChI is InChI=1S/C19H30N2O2.ClH/c1-19(2,3)16-6-4-5-7-17(16)23-13-12-21-18(22)9-8-15-10-11-20-14-15;/h4-7,15,20H,8-14H2,1-3H3,(H,21,22);1H. The van der Waals surface area contributed by atoms with E-state index in [2.05, 4.69) is 37.5 Å². The van der Waals surface area contributed by atoms with Gasteiger partial charge in [-0.3, -0.25) is 4.79 Å². The third kappa shape index (κ3) is 6.70. The fourth-order valence-electron chi connectivity index (χ4n) is 2.95. The second-order valence-corrected chi connectivity index (χ2v) is 7.34. The Morgan fingerprint density at radius 3 is 2.75 bits per heavy atom. The molecule has 2 rings (SSSR count). The number of nitrogens with one attached hydrogen (secondary N) is 2. The van der Waals surface area contributed by atoms with E-state index in [4.69, 9.17) is 4.74 Å². The molecule has 1 aromatic rings. The van der Waals surface area contributed by atoms with Crippen molar-refractivity contribution in [3.05, 3.63) is 29.8 Å². The molecular weight excluding hydrogens is 324 g/mol. The van der Waals surface area contributed by atoms with Crippen LogP contribution in [0, 0.1) is 5.92 Å². The summed E-state index contributed by atoms with van der Waals surface area (Å²) in [6, 6.07) is 8.12. The molecule has 2 N–H and O–H groups in total. The average molecular weight is 355 g/mol. The maximum atomic E-state index is 11.9. The van der Waals surface area contributed by atoms with Gasteiger partial charge < -0.3 is 15.4 Å². The molecule has 0 saturated carbocycles. The number of hydrogen-bond donors (Lipinski definition) is 2. The number of benzene rings is 1. The second-order valence-electron chi connectivity index (χ2n) is 7.34. The number of halogens is 1. The molecule has 1 aromatic carbocycles. The molecule has 1 atom stereocenters. The van der Waals surface area contributed by atoms with Crippen LogP contribution in [0.25, 0.3) is 0 Å². The lowest BCUT2D eigenvalue weighted by atomic mass is 9.86. The predicted molar refractivity (Wildman–Crippen MR) is 101 cm³/mol. The van der Waals surface area contributed by atoms with E-state index in [1.54, 1.807) is 0 Å². The summed E-state index contributed by atoms with van der Waals surface area (Å²) in [4.78, 5) is 11.9. The van der Waals surface area contributed by atoms with Crippen molar-refractivity contribution in [2.75, 3.05) is 26.2 Å². The van der Waals surface area contributed by atoms with Gasteiger partial charge in [-0.1, -0.05) is 39.0 Å². The second kappa shape index (κ2) is 9.90. The SMILES string of the molecule is CC(C)(C)c1ccccc1OCCNC(=O)CCC1CCNC1.Cl. The molecule has 0 radical (unpaired) electrons. The highest BCUT2D eigenvalue weighted by molar-refractivity contribution is 5.85. The van der Waals surface area contributed by atoms with E-state index in [0.29, 0.717) is 25.5 Å². The molecule has 1 aliphatic rings. The minimum atomic E-state index is 0. The van der Waals surface area contributed by atoms with Gasteiger partial charge in [0.25, 0.3) is 0 Å². The summed E-state index contributed by atoms with van der Waals surface area (Å²) in [5, 5.41) is 6.28. The molecule has 1 heterocycles. The lowest BCUT2D eigenvalue weighted by Gasteiger charge is -2.22. The number of rotatable bonds is 7. The van der Waals surface area contributed by atoms with E-state index in [9.17, 15) is 4.79 Å². The van der Waals surface area contributed by atoms with Crippen LogP contribution in [0.1, 0.15) is 45.6 Å². The van der Waals surface area contributed by atoms with Crippen molar-refractivity contribution in [1.82, 2.24) is 10.6 Å². The molecule has 24 heavy (non-hydrogen) atoms. The van der Waals surface area contributed by atoms with Gasteiger partial charge in [0.05, 0.1) is 6.54 Å². The van der Waals surface area contributed by atoms with E-state index in [-0.39, 0.29) is 23.7 Å². The van der Waals surface area contributed by atoms with Crippen LogP contribution in [0.15, 0.2) is 24.3 Å². The smallest absolute Gasteiger partial charge is 0.220 e. The monoisotopic (exact) mass is 354 g/mol. The van der Waals surface area contributed by atoms with Crippen LogP contribution in [0.2, 0.25) is 0 Å². The van der Waals surface area contributed by atoms with E-state index in [1.165, 1.54) is 12.0 Å². The van der Waals surface area contributed by atoms with Crippen molar-refractivity contribution in [3.8, 4) is 5.75 Å². The van der Waals surface area contributed by atoms with Crippen molar-refractivity contribution in [2.45, 2.75) is 45.4 Å². The predicted octanol–water partition coefficient (Wildman–Crippen LogP) is 3.29. The van der Waals surface area contributed by atoms with Gasteiger partial charge >= 0.3 is 0 Å². The number of hydrogen-bond acceptors (Lipinski definition) is 3. The maximum absolute atomic E-state index is 11.9. The molecule has 1 fully saturated rings. The first-order valence-electron chi connectivity index (χ1n) is 8.66. The van der Waals surface area contributed by atoms with E-state index in [0.717, 1.165) is 25.3 Å². The third-order valence-corrected chi connectivity index (χ3v) is 4.32. The van der Waals surface area contributed by atoms with E-state index >= 15 is 0 Å². The Morgan fingerprint density at radius 1 is 1.33 bits per heavy atom. The molecular formula is C19H31ClN2O2. The molecule has 136 valence electrons. The molecule has 4 nitrogen and oxygen atoms in total. The molecule has 1 amide bonds. The summed E-state index contributed by atoms with van der Waals surface area (Å²) >= 11 is 0. The number of para-hydroxylation sites is 1. The Kier molecular flexibility index (Phi) is 8.57. The summed E-state index contributed by atoms with van der Waals surface area (Å²) in [5.74, 6) is 1.70. The first-order chi connectivity index (χ1) is 11.0. The van der Waals surface area contributed by atoms with Crippen molar-refractivity contribution >= 4 is 18.3 Å². The van der Waals surface area contributed by atoms with Crippen molar-refractivity contribution in [2.24, 2.45) is 5.92 Å². The lowest BCUT2D eigenvalue weighted by molar-refractivity contribution is -0.121. The van der Waals surface area contributed by atoms with Gasteiger partial charge in [0.2, 0.25) is 5.91 Å². The number of carbonyl (C=O) groups is 1. The van der Waals surface area contributed by atoms with Crippen LogP contribution < -0.4 is 15.4 Å². The summed E-state index contributed by atoms with van der Waals surface area (Å²) in [6.45, 7) is 9.73. The zero-order chi connectivity index (χ0) is 16.7. The van der Waals surface area contributed by atoms with Crippen LogP contribution >= 0.6 is 12.4 Å². The molecule has 0 aliphatic carbocycles. The highest BCUT2D eigenvalue weighted by Crippen LogP contribution is 2.30. The minimum Gasteiger partial charge on any atom is -0.491 e. The van der Waals surface area contributed by atoms with Crippen LogP contribution in [-0.4, -0.2) is 32.1 Å². The quantitative estimate of drug-likeness (QED) is 0.739. The normalized spacial score (nSPS) is 17.2. The molecule has 1 unspecified atom stereocenters. The lowest BCUT2D eigenvalue weighted by Crippen LogP contribution is -2.28. The Balaban J connectivity index is 0.00000288. The number of carbonyl (C=O) groups excluding carboxylic acids is 1. The van der Waals surface area contributed by atoms with Crippen molar-refractivity contribution in [3.63, 3.8) is 0 Å². The van der Waals surface area contributed by atoms with E-state index in [1.807, 2.05) is 18.2 Å². The highest BCUT2D eigenvalue weighted by atomic mass is 35.5. The first-order valence-corrected chi connectivity index (χ1v) is 8.66. The van der Waals surface area contributed by atoms with Crippen molar-refractivity contribution in [1.29, 1.82) is 0 Å². The third-order valence-electron chi connectivity index (χ3n) is 4.32. The van der Waals surface area contributed by atoms with Gasteiger partial charge in [-0.25, -0.2) is 0 Å². The number of amides is 1. The van der Waals surface area contributed by atoms with Crippen LogP contribution in [0.5, 0.6) is 5.75 Å². The summed E-state index contributed by atoms with van der Waals surface area (Å²) < 4.78 is 5.87. The molecule has 0 spiro atoms. The average Bonchev–Trinajstić information content (AvgIpc) is 3.02. The van der Waals surface area contributed by atoms with Gasteiger partial charge in [0.1, 0.15) is 12.4 Å². The fraction of sp³-hybridized carbons (Fsp3) is 0.632. The first kappa shape index (κ1) is 20.8. The Morgan fingerprint density at radius 2 is 2.08 bits per heavy atom. The molecule has 1 saturated heterocycles.